The number of nitrogens with one attached hydrogen (secondary N) is 1. The van der Waals surface area contributed by atoms with E-state index in [2.05, 4.69) is 4.72 Å². The average molecular weight is 328 g/mol. The number of nitro benzene ring substituents is 1. The van der Waals surface area contributed by atoms with Gasteiger partial charge in [0, 0.05) is 12.1 Å². The Labute approximate surface area is 125 Å². The molecule has 0 radical (unpaired) electrons. The molecule has 2 rings (SSSR count). The quantitative estimate of drug-likeness (QED) is 0.508. The summed E-state index contributed by atoms with van der Waals surface area (Å²) < 4.78 is 26.7. The summed E-state index contributed by atoms with van der Waals surface area (Å²) in [6.45, 7) is 0. The number of non-ortho nitro benzene ring substituents is 1. The molecule has 0 aliphatic carbocycles. The van der Waals surface area contributed by atoms with Gasteiger partial charge in [-0.3, -0.25) is 14.8 Å². The van der Waals surface area contributed by atoms with Crippen molar-refractivity contribution in [3.8, 4) is 0 Å². The van der Waals surface area contributed by atoms with Gasteiger partial charge in [0.2, 0.25) is 0 Å². The van der Waals surface area contributed by atoms with Crippen molar-refractivity contribution in [3.63, 3.8) is 0 Å². The highest BCUT2D eigenvalue weighted by atomic mass is 35.5. The maximum absolute atomic E-state index is 12.2. The first-order valence-electron chi connectivity index (χ1n) is 5.62. The van der Waals surface area contributed by atoms with Crippen molar-refractivity contribution in [2.45, 2.75) is 4.90 Å². The van der Waals surface area contributed by atoms with Gasteiger partial charge in [-0.05, 0) is 18.2 Å². The van der Waals surface area contributed by atoms with Gasteiger partial charge >= 0.3 is 0 Å². The van der Waals surface area contributed by atoms with Crippen LogP contribution >= 0.6 is 11.6 Å². The molecule has 0 atom stereocenters. The largest absolute Gasteiger partial charge is 0.398 e. The minimum absolute atomic E-state index is 0.0404. The van der Waals surface area contributed by atoms with Gasteiger partial charge in [0.05, 0.1) is 21.3 Å². The fourth-order valence-corrected chi connectivity index (χ4v) is 3.06. The van der Waals surface area contributed by atoms with Crippen LogP contribution in [0.5, 0.6) is 0 Å². The molecule has 2 aromatic rings. The predicted octanol–water partition coefficient (Wildman–Crippen LogP) is 2.63. The number of nitrogen functional groups attached to an aromatic ring is 1. The van der Waals surface area contributed by atoms with Crippen molar-refractivity contribution < 1.29 is 13.3 Å². The van der Waals surface area contributed by atoms with Crippen LogP contribution in [0.1, 0.15) is 0 Å². The van der Waals surface area contributed by atoms with Crippen molar-refractivity contribution in [2.75, 3.05) is 10.5 Å². The Balaban J connectivity index is 2.44. The Hall–Kier alpha value is -2.32. The fourth-order valence-electron chi connectivity index (χ4n) is 1.63. The number of benzene rings is 2. The van der Waals surface area contributed by atoms with Crippen LogP contribution in [0, 0.1) is 10.1 Å². The van der Waals surface area contributed by atoms with E-state index >= 15 is 0 Å². The standard InChI is InChI=1S/C12H10ClN3O4S/c13-9-6-5-8(16(17)18)7-11(9)15-21(19,20)12-4-2-1-3-10(12)14/h1-7,15H,14H2. The highest BCUT2D eigenvalue weighted by Gasteiger charge is 2.20. The molecular weight excluding hydrogens is 318 g/mol. The summed E-state index contributed by atoms with van der Waals surface area (Å²) in [5.41, 5.74) is 5.31. The summed E-state index contributed by atoms with van der Waals surface area (Å²) in [5, 5.41) is 10.8. The Bertz CT molecular complexity index is 808. The van der Waals surface area contributed by atoms with Crippen LogP contribution in [0.15, 0.2) is 47.4 Å². The molecule has 21 heavy (non-hydrogen) atoms. The van der Waals surface area contributed by atoms with E-state index in [1.165, 1.54) is 30.3 Å². The molecule has 7 nitrogen and oxygen atoms in total. The van der Waals surface area contributed by atoms with Gasteiger partial charge in [0.1, 0.15) is 4.90 Å². The van der Waals surface area contributed by atoms with Crippen LogP contribution in [0.25, 0.3) is 0 Å². The van der Waals surface area contributed by atoms with Gasteiger partial charge in [-0.25, -0.2) is 8.42 Å². The summed E-state index contributed by atoms with van der Waals surface area (Å²) in [6, 6.07) is 9.32. The van der Waals surface area contributed by atoms with Crippen molar-refractivity contribution >= 4 is 38.7 Å². The molecule has 110 valence electrons. The third-order valence-electron chi connectivity index (χ3n) is 2.61. The van der Waals surface area contributed by atoms with E-state index in [1.54, 1.807) is 6.07 Å². The molecule has 0 amide bonds. The lowest BCUT2D eigenvalue weighted by molar-refractivity contribution is -0.384. The van der Waals surface area contributed by atoms with Crippen LogP contribution in [-0.2, 0) is 10.0 Å². The van der Waals surface area contributed by atoms with Crippen molar-refractivity contribution in [2.24, 2.45) is 0 Å². The van der Waals surface area contributed by atoms with Crippen molar-refractivity contribution in [1.29, 1.82) is 0 Å². The van der Waals surface area contributed by atoms with E-state index in [0.717, 1.165) is 6.07 Å². The van der Waals surface area contributed by atoms with Gasteiger partial charge < -0.3 is 5.73 Å². The number of halogens is 1. The Kier molecular flexibility index (Phi) is 4.01. The van der Waals surface area contributed by atoms with Crippen LogP contribution in [-0.4, -0.2) is 13.3 Å². The molecule has 0 saturated heterocycles. The van der Waals surface area contributed by atoms with E-state index in [4.69, 9.17) is 17.3 Å². The van der Waals surface area contributed by atoms with E-state index in [1.807, 2.05) is 0 Å². The number of nitrogens with zero attached hydrogens (tertiary/aromatic N) is 1. The molecule has 2 aromatic carbocycles. The molecule has 0 bridgehead atoms. The molecule has 3 N–H and O–H groups in total. The molecule has 0 aliphatic rings. The smallest absolute Gasteiger partial charge is 0.271 e. The van der Waals surface area contributed by atoms with E-state index in [0.29, 0.717) is 0 Å². The Morgan fingerprint density at radius 3 is 2.48 bits per heavy atom. The molecule has 0 saturated carbocycles. The lowest BCUT2D eigenvalue weighted by atomic mass is 10.3. The lowest BCUT2D eigenvalue weighted by Crippen LogP contribution is -2.15. The highest BCUT2D eigenvalue weighted by Crippen LogP contribution is 2.29. The maximum Gasteiger partial charge on any atom is 0.271 e. The van der Waals surface area contributed by atoms with Crippen LogP contribution in [0.2, 0.25) is 5.02 Å². The first kappa shape index (κ1) is 15.1. The number of nitrogens with two attached hydrogens (primary N) is 1. The lowest BCUT2D eigenvalue weighted by Gasteiger charge is -2.11. The molecular formula is C12H10ClN3O4S. The maximum atomic E-state index is 12.2. The molecule has 9 heteroatoms. The third kappa shape index (κ3) is 3.23. The van der Waals surface area contributed by atoms with Crippen molar-refractivity contribution in [3.05, 3.63) is 57.6 Å². The fraction of sp³-hybridized carbons (Fsp3) is 0. The second kappa shape index (κ2) is 5.58. The van der Waals surface area contributed by atoms with Crippen LogP contribution in [0.3, 0.4) is 0 Å². The number of sulfonamides is 1. The third-order valence-corrected chi connectivity index (χ3v) is 4.38. The number of hydrogen-bond donors (Lipinski definition) is 2. The molecule has 0 unspecified atom stereocenters. The number of anilines is 2. The summed E-state index contributed by atoms with van der Waals surface area (Å²) in [7, 11) is -3.99. The molecule has 0 fully saturated rings. The highest BCUT2D eigenvalue weighted by molar-refractivity contribution is 7.92. The zero-order valence-corrected chi connectivity index (χ0v) is 12.1. The summed E-state index contributed by atoms with van der Waals surface area (Å²) in [4.78, 5) is 9.94. The first-order chi connectivity index (χ1) is 9.81. The first-order valence-corrected chi connectivity index (χ1v) is 7.48. The van der Waals surface area contributed by atoms with Gasteiger partial charge in [-0.1, -0.05) is 23.7 Å². The second-order valence-corrected chi connectivity index (χ2v) is 6.12. The SMILES string of the molecule is Nc1ccccc1S(=O)(=O)Nc1cc([N+](=O)[O-])ccc1Cl. The number of para-hydroxylation sites is 1. The Morgan fingerprint density at radius 2 is 1.86 bits per heavy atom. The van der Waals surface area contributed by atoms with E-state index < -0.39 is 14.9 Å². The van der Waals surface area contributed by atoms with Crippen LogP contribution < -0.4 is 10.5 Å². The number of hydrogen-bond acceptors (Lipinski definition) is 5. The minimum Gasteiger partial charge on any atom is -0.398 e. The van der Waals surface area contributed by atoms with Crippen molar-refractivity contribution in [1.82, 2.24) is 0 Å². The number of rotatable bonds is 4. The van der Waals surface area contributed by atoms with Gasteiger partial charge in [0.15, 0.2) is 0 Å². The predicted molar refractivity (Wildman–Crippen MR) is 79.8 cm³/mol. The molecule has 0 aromatic heterocycles. The van der Waals surface area contributed by atoms with E-state index in [9.17, 15) is 18.5 Å². The van der Waals surface area contributed by atoms with Gasteiger partial charge in [-0.2, -0.15) is 0 Å². The molecule has 0 heterocycles. The molecule has 0 aliphatic heterocycles. The van der Waals surface area contributed by atoms with Gasteiger partial charge in [-0.15, -0.1) is 0 Å². The normalized spacial score (nSPS) is 11.1. The minimum atomic E-state index is -3.99. The summed E-state index contributed by atoms with van der Waals surface area (Å²) in [6.07, 6.45) is 0. The molecule has 0 spiro atoms. The van der Waals surface area contributed by atoms with Crippen LogP contribution in [0.4, 0.5) is 17.1 Å². The van der Waals surface area contributed by atoms with E-state index in [-0.39, 0.29) is 27.0 Å². The zero-order valence-electron chi connectivity index (χ0n) is 10.5. The second-order valence-electron chi connectivity index (χ2n) is 4.06. The zero-order chi connectivity index (χ0) is 15.6. The summed E-state index contributed by atoms with van der Waals surface area (Å²) in [5.74, 6) is 0. The average Bonchev–Trinajstić information content (AvgIpc) is 2.41. The van der Waals surface area contributed by atoms with Gasteiger partial charge in [0.25, 0.3) is 15.7 Å². The Morgan fingerprint density at radius 1 is 1.19 bits per heavy atom. The number of nitro groups is 1. The topological polar surface area (TPSA) is 115 Å². The summed E-state index contributed by atoms with van der Waals surface area (Å²) >= 11 is 5.85. The monoisotopic (exact) mass is 327 g/mol.